The van der Waals surface area contributed by atoms with E-state index in [-0.39, 0.29) is 0 Å². The van der Waals surface area contributed by atoms with E-state index in [0.29, 0.717) is 6.54 Å². The molecule has 0 saturated carbocycles. The van der Waals surface area contributed by atoms with Gasteiger partial charge < -0.3 is 10.3 Å². The average molecular weight is 287 g/mol. The van der Waals surface area contributed by atoms with Crippen LogP contribution in [0, 0.1) is 0 Å². The molecule has 2 heterocycles. The van der Waals surface area contributed by atoms with Gasteiger partial charge in [0.2, 0.25) is 0 Å². The maximum atomic E-state index is 5.80. The highest BCUT2D eigenvalue weighted by Crippen LogP contribution is 2.30. The molecule has 0 aliphatic rings. The molecule has 0 unspecified atom stereocenters. The molecular formula is C14H17N5S. The summed E-state index contributed by atoms with van der Waals surface area (Å²) >= 11 is 1.41. The minimum atomic E-state index is 0.497. The van der Waals surface area contributed by atoms with Crippen LogP contribution in [-0.2, 0) is 20.0 Å². The standard InChI is InChI=1S/C14H17N5S/c1-3-5-10-13(20-18-17-10)14-16-12-9(8-15)6-4-7-11(12)19(14)2/h4,6-7H,3,5,8,15H2,1-2H3. The van der Waals surface area contributed by atoms with Crippen molar-refractivity contribution in [1.29, 1.82) is 0 Å². The Hall–Kier alpha value is -1.79. The van der Waals surface area contributed by atoms with Crippen molar-refractivity contribution < 1.29 is 0 Å². The molecule has 2 N–H and O–H groups in total. The molecule has 0 aliphatic heterocycles. The predicted molar refractivity (Wildman–Crippen MR) is 81.5 cm³/mol. The molecule has 3 rings (SSSR count). The van der Waals surface area contributed by atoms with Crippen molar-refractivity contribution in [1.82, 2.24) is 19.1 Å². The van der Waals surface area contributed by atoms with E-state index in [4.69, 9.17) is 10.7 Å². The highest BCUT2D eigenvalue weighted by molar-refractivity contribution is 7.09. The summed E-state index contributed by atoms with van der Waals surface area (Å²) in [5, 5.41) is 4.23. The second kappa shape index (κ2) is 5.30. The zero-order valence-electron chi connectivity index (χ0n) is 11.6. The van der Waals surface area contributed by atoms with Gasteiger partial charge >= 0.3 is 0 Å². The molecule has 6 heteroatoms. The van der Waals surface area contributed by atoms with E-state index in [1.807, 2.05) is 19.2 Å². The first-order valence-corrected chi connectivity index (χ1v) is 7.49. The van der Waals surface area contributed by atoms with E-state index < -0.39 is 0 Å². The Labute approximate surface area is 121 Å². The lowest BCUT2D eigenvalue weighted by Gasteiger charge is -2.01. The third-order valence-electron chi connectivity index (χ3n) is 3.46. The number of para-hydroxylation sites is 1. The van der Waals surface area contributed by atoms with Gasteiger partial charge in [-0.2, -0.15) is 0 Å². The van der Waals surface area contributed by atoms with Crippen molar-refractivity contribution >= 4 is 22.6 Å². The molecule has 0 atom stereocenters. The Kier molecular flexibility index (Phi) is 3.50. The molecule has 2 aromatic heterocycles. The Morgan fingerprint density at radius 3 is 2.95 bits per heavy atom. The van der Waals surface area contributed by atoms with Gasteiger partial charge in [-0.05, 0) is 29.6 Å². The van der Waals surface area contributed by atoms with Crippen LogP contribution in [0.15, 0.2) is 18.2 Å². The fourth-order valence-electron chi connectivity index (χ4n) is 2.42. The number of fused-ring (bicyclic) bond motifs is 1. The number of nitrogens with two attached hydrogens (primary N) is 1. The number of imidazole rings is 1. The second-order valence-electron chi connectivity index (χ2n) is 4.78. The minimum Gasteiger partial charge on any atom is -0.326 e. The van der Waals surface area contributed by atoms with Crippen molar-refractivity contribution in [2.24, 2.45) is 12.8 Å². The molecule has 0 amide bonds. The van der Waals surface area contributed by atoms with E-state index in [0.717, 1.165) is 45.8 Å². The number of benzene rings is 1. The van der Waals surface area contributed by atoms with E-state index in [1.54, 1.807) is 0 Å². The van der Waals surface area contributed by atoms with Crippen LogP contribution in [0.1, 0.15) is 24.6 Å². The van der Waals surface area contributed by atoms with Crippen LogP contribution in [0.4, 0.5) is 0 Å². The number of aromatic nitrogens is 4. The molecule has 0 saturated heterocycles. The van der Waals surface area contributed by atoms with Gasteiger partial charge in [-0.15, -0.1) is 5.10 Å². The summed E-state index contributed by atoms with van der Waals surface area (Å²) in [6, 6.07) is 6.11. The van der Waals surface area contributed by atoms with Crippen LogP contribution in [0.25, 0.3) is 21.7 Å². The summed E-state index contributed by atoms with van der Waals surface area (Å²) in [5.41, 5.74) is 9.97. The zero-order valence-corrected chi connectivity index (χ0v) is 12.4. The Morgan fingerprint density at radius 1 is 1.35 bits per heavy atom. The van der Waals surface area contributed by atoms with Crippen molar-refractivity contribution in [3.8, 4) is 10.7 Å². The lowest BCUT2D eigenvalue weighted by molar-refractivity contribution is 0.865. The van der Waals surface area contributed by atoms with Gasteiger partial charge in [0, 0.05) is 13.6 Å². The summed E-state index contributed by atoms with van der Waals surface area (Å²) in [7, 11) is 2.03. The van der Waals surface area contributed by atoms with E-state index in [9.17, 15) is 0 Å². The lowest BCUT2D eigenvalue weighted by atomic mass is 10.2. The first-order valence-electron chi connectivity index (χ1n) is 6.72. The van der Waals surface area contributed by atoms with Gasteiger partial charge in [0.05, 0.1) is 16.7 Å². The van der Waals surface area contributed by atoms with Crippen LogP contribution in [0.3, 0.4) is 0 Å². The number of hydrogen-bond acceptors (Lipinski definition) is 5. The van der Waals surface area contributed by atoms with Crippen molar-refractivity contribution in [3.05, 3.63) is 29.5 Å². The quantitative estimate of drug-likeness (QED) is 0.800. The highest BCUT2D eigenvalue weighted by atomic mass is 32.1. The van der Waals surface area contributed by atoms with Crippen LogP contribution in [0.5, 0.6) is 0 Å². The maximum absolute atomic E-state index is 5.80. The zero-order chi connectivity index (χ0) is 14.1. The summed E-state index contributed by atoms with van der Waals surface area (Å²) in [6.07, 6.45) is 1.98. The topological polar surface area (TPSA) is 69.6 Å². The number of nitrogens with zero attached hydrogens (tertiary/aromatic N) is 4. The average Bonchev–Trinajstić information content (AvgIpc) is 3.04. The van der Waals surface area contributed by atoms with Crippen molar-refractivity contribution in [2.45, 2.75) is 26.3 Å². The molecule has 1 aromatic carbocycles. The third kappa shape index (κ3) is 2.01. The van der Waals surface area contributed by atoms with Crippen LogP contribution < -0.4 is 5.73 Å². The maximum Gasteiger partial charge on any atom is 0.154 e. The fraction of sp³-hybridized carbons (Fsp3) is 0.357. The largest absolute Gasteiger partial charge is 0.326 e. The Balaban J connectivity index is 2.21. The monoisotopic (exact) mass is 287 g/mol. The van der Waals surface area contributed by atoms with E-state index in [1.165, 1.54) is 11.5 Å². The molecule has 3 aromatic rings. The van der Waals surface area contributed by atoms with Crippen LogP contribution in [-0.4, -0.2) is 19.1 Å². The normalized spacial score (nSPS) is 11.3. The number of hydrogen-bond donors (Lipinski definition) is 1. The molecule has 0 spiro atoms. The summed E-state index contributed by atoms with van der Waals surface area (Å²) < 4.78 is 6.18. The van der Waals surface area contributed by atoms with Crippen molar-refractivity contribution in [2.75, 3.05) is 0 Å². The van der Waals surface area contributed by atoms with Crippen LogP contribution in [0.2, 0.25) is 0 Å². The second-order valence-corrected chi connectivity index (χ2v) is 5.54. The molecule has 0 bridgehead atoms. The van der Waals surface area contributed by atoms with E-state index >= 15 is 0 Å². The van der Waals surface area contributed by atoms with Gasteiger partial charge in [0.1, 0.15) is 4.88 Å². The molecule has 0 fully saturated rings. The summed E-state index contributed by atoms with van der Waals surface area (Å²) in [6.45, 7) is 2.64. The van der Waals surface area contributed by atoms with Gasteiger partial charge in [0.25, 0.3) is 0 Å². The van der Waals surface area contributed by atoms with Crippen molar-refractivity contribution in [3.63, 3.8) is 0 Å². The molecule has 0 radical (unpaired) electrons. The van der Waals surface area contributed by atoms with E-state index in [2.05, 4.69) is 27.1 Å². The number of aryl methyl sites for hydroxylation is 2. The lowest BCUT2D eigenvalue weighted by Crippen LogP contribution is -1.97. The van der Waals surface area contributed by atoms with Gasteiger partial charge in [0.15, 0.2) is 5.82 Å². The third-order valence-corrected chi connectivity index (χ3v) is 4.22. The van der Waals surface area contributed by atoms with Gasteiger partial charge in [-0.1, -0.05) is 30.0 Å². The molecular weight excluding hydrogens is 270 g/mol. The molecule has 104 valence electrons. The summed E-state index contributed by atoms with van der Waals surface area (Å²) in [4.78, 5) is 5.85. The van der Waals surface area contributed by atoms with Gasteiger partial charge in [-0.25, -0.2) is 4.98 Å². The Bertz CT molecular complexity index is 743. The molecule has 5 nitrogen and oxygen atoms in total. The Morgan fingerprint density at radius 2 is 2.20 bits per heavy atom. The summed E-state index contributed by atoms with van der Waals surface area (Å²) in [5.74, 6) is 0.930. The SMILES string of the molecule is CCCc1nnsc1-c1nc2c(CN)cccc2n1C. The molecule has 0 aliphatic carbocycles. The first-order chi connectivity index (χ1) is 9.76. The highest BCUT2D eigenvalue weighted by Gasteiger charge is 2.17. The number of rotatable bonds is 4. The minimum absolute atomic E-state index is 0.497. The smallest absolute Gasteiger partial charge is 0.154 e. The predicted octanol–water partition coefficient (Wildman–Crippen LogP) is 2.50. The van der Waals surface area contributed by atoms with Gasteiger partial charge in [-0.3, -0.25) is 0 Å². The fourth-order valence-corrected chi connectivity index (χ4v) is 3.15. The molecule has 20 heavy (non-hydrogen) atoms. The first kappa shape index (κ1) is 13.2. The van der Waals surface area contributed by atoms with Crippen LogP contribution >= 0.6 is 11.5 Å².